The van der Waals surface area contributed by atoms with E-state index in [1.165, 1.54) is 6.20 Å². The van der Waals surface area contributed by atoms with Crippen LogP contribution in [0.3, 0.4) is 0 Å². The third kappa shape index (κ3) is 5.01. The average molecular weight is 417 g/mol. The van der Waals surface area contributed by atoms with E-state index in [1.54, 1.807) is 17.8 Å². The number of ether oxygens (including phenoxy) is 2. The zero-order chi connectivity index (χ0) is 21.6. The molecule has 2 aromatic heterocycles. The summed E-state index contributed by atoms with van der Waals surface area (Å²) in [6, 6.07) is 17.5. The van der Waals surface area contributed by atoms with Crippen molar-refractivity contribution in [2.75, 3.05) is 6.61 Å². The number of oxazole rings is 1. The first-order valence-corrected chi connectivity index (χ1v) is 10.1. The van der Waals surface area contributed by atoms with Crippen LogP contribution >= 0.6 is 0 Å². The highest BCUT2D eigenvalue weighted by molar-refractivity contribution is 5.88. The van der Waals surface area contributed by atoms with Crippen LogP contribution in [0.15, 0.2) is 71.4 Å². The predicted octanol–water partition coefficient (Wildman–Crippen LogP) is 4.65. The maximum Gasteiger partial charge on any atom is 0.341 e. The van der Waals surface area contributed by atoms with Crippen LogP contribution in [0, 0.1) is 6.92 Å². The molecule has 0 radical (unpaired) electrons. The van der Waals surface area contributed by atoms with Crippen LogP contribution in [0.5, 0.6) is 5.75 Å². The summed E-state index contributed by atoms with van der Waals surface area (Å²) in [6.07, 6.45) is 3.19. The first kappa shape index (κ1) is 20.4. The van der Waals surface area contributed by atoms with Gasteiger partial charge >= 0.3 is 5.97 Å². The van der Waals surface area contributed by atoms with Gasteiger partial charge in [-0.3, -0.25) is 4.68 Å². The summed E-state index contributed by atoms with van der Waals surface area (Å²) < 4.78 is 18.3. The maximum absolute atomic E-state index is 11.7. The Hall–Kier alpha value is -3.87. The number of aryl methyl sites for hydroxylation is 1. The Balaban J connectivity index is 1.35. The second-order valence-electron chi connectivity index (χ2n) is 6.97. The Labute approximate surface area is 180 Å². The molecule has 0 fully saturated rings. The normalized spacial score (nSPS) is 10.8. The highest BCUT2D eigenvalue weighted by Crippen LogP contribution is 2.23. The molecule has 0 saturated carbocycles. The van der Waals surface area contributed by atoms with E-state index in [0.717, 1.165) is 28.3 Å². The first-order valence-electron chi connectivity index (χ1n) is 10.1. The molecule has 2 heterocycles. The molecule has 0 unspecified atom stereocenters. The third-order valence-corrected chi connectivity index (χ3v) is 4.70. The molecule has 4 aromatic rings. The highest BCUT2D eigenvalue weighted by atomic mass is 16.5. The van der Waals surface area contributed by atoms with Gasteiger partial charge in [0.25, 0.3) is 0 Å². The molecule has 7 heteroatoms. The number of aromatic nitrogens is 3. The van der Waals surface area contributed by atoms with Crippen LogP contribution in [0.25, 0.3) is 11.5 Å². The predicted molar refractivity (Wildman–Crippen MR) is 115 cm³/mol. The van der Waals surface area contributed by atoms with Gasteiger partial charge in [0, 0.05) is 11.8 Å². The lowest BCUT2D eigenvalue weighted by atomic mass is 10.2. The van der Waals surface area contributed by atoms with Crippen molar-refractivity contribution in [1.29, 1.82) is 0 Å². The lowest BCUT2D eigenvalue weighted by Crippen LogP contribution is -2.04. The Morgan fingerprint density at radius 2 is 1.87 bits per heavy atom. The fourth-order valence-electron chi connectivity index (χ4n) is 3.07. The number of benzene rings is 2. The van der Waals surface area contributed by atoms with E-state index in [9.17, 15) is 4.79 Å². The van der Waals surface area contributed by atoms with Crippen LogP contribution in [-0.2, 0) is 17.9 Å². The molecule has 0 saturated heterocycles. The molecule has 0 bridgehead atoms. The lowest BCUT2D eigenvalue weighted by Gasteiger charge is -2.06. The molecule has 7 nitrogen and oxygen atoms in total. The maximum atomic E-state index is 11.7. The van der Waals surface area contributed by atoms with Gasteiger partial charge in [-0.25, -0.2) is 9.78 Å². The first-order chi connectivity index (χ1) is 15.1. The minimum Gasteiger partial charge on any atom is -0.487 e. The van der Waals surface area contributed by atoms with Crippen molar-refractivity contribution in [2.24, 2.45) is 0 Å². The lowest BCUT2D eigenvalue weighted by molar-refractivity contribution is 0.0526. The molecule has 0 atom stereocenters. The van der Waals surface area contributed by atoms with E-state index in [-0.39, 0.29) is 5.97 Å². The van der Waals surface area contributed by atoms with Crippen molar-refractivity contribution in [3.05, 3.63) is 89.6 Å². The van der Waals surface area contributed by atoms with Gasteiger partial charge in [-0.2, -0.15) is 5.10 Å². The van der Waals surface area contributed by atoms with Gasteiger partial charge in [0.1, 0.15) is 23.8 Å². The van der Waals surface area contributed by atoms with Gasteiger partial charge in [-0.05, 0) is 43.7 Å². The molecular formula is C24H23N3O4. The number of carbonyl (C=O) groups excluding carboxylic acids is 1. The van der Waals surface area contributed by atoms with Gasteiger partial charge < -0.3 is 13.9 Å². The monoisotopic (exact) mass is 417 g/mol. The summed E-state index contributed by atoms with van der Waals surface area (Å²) >= 11 is 0. The summed E-state index contributed by atoms with van der Waals surface area (Å²) in [7, 11) is 0. The van der Waals surface area contributed by atoms with Gasteiger partial charge in [0.05, 0.1) is 24.9 Å². The Morgan fingerprint density at radius 1 is 1.10 bits per heavy atom. The molecule has 0 aliphatic rings. The molecule has 0 spiro atoms. The fourth-order valence-corrected chi connectivity index (χ4v) is 3.07. The fraction of sp³-hybridized carbons (Fsp3) is 0.208. The second kappa shape index (κ2) is 9.30. The third-order valence-electron chi connectivity index (χ3n) is 4.70. The molecule has 31 heavy (non-hydrogen) atoms. The van der Waals surface area contributed by atoms with Crippen LogP contribution in [-0.4, -0.2) is 27.3 Å². The summed E-state index contributed by atoms with van der Waals surface area (Å²) in [4.78, 5) is 16.3. The topological polar surface area (TPSA) is 79.4 Å². The van der Waals surface area contributed by atoms with Crippen LogP contribution in [0.1, 0.15) is 34.3 Å². The number of carbonyl (C=O) groups is 1. The van der Waals surface area contributed by atoms with Crippen molar-refractivity contribution < 1.29 is 18.7 Å². The van der Waals surface area contributed by atoms with Crippen LogP contribution in [0.4, 0.5) is 0 Å². The standard InChI is InChI=1S/C24H23N3O4/c1-3-29-24(28)20-13-25-27(15-20)14-18-9-11-21(12-10-18)30-16-22-17(2)31-23(26-22)19-7-5-4-6-8-19/h4-13,15H,3,14,16H2,1-2H3. The van der Waals surface area contributed by atoms with E-state index in [0.29, 0.717) is 31.2 Å². The Bertz CT molecular complexity index is 1150. The van der Waals surface area contributed by atoms with Crippen molar-refractivity contribution >= 4 is 5.97 Å². The number of rotatable bonds is 8. The van der Waals surface area contributed by atoms with Gasteiger partial charge in [0.2, 0.25) is 5.89 Å². The minimum atomic E-state index is -0.365. The Morgan fingerprint density at radius 3 is 2.61 bits per heavy atom. The molecular weight excluding hydrogens is 394 g/mol. The molecule has 4 rings (SSSR count). The average Bonchev–Trinajstić information content (AvgIpc) is 3.41. The van der Waals surface area contributed by atoms with Crippen LogP contribution < -0.4 is 4.74 Å². The minimum absolute atomic E-state index is 0.323. The summed E-state index contributed by atoms with van der Waals surface area (Å²) in [5.41, 5.74) is 3.19. The molecule has 2 aromatic carbocycles. The molecule has 0 N–H and O–H groups in total. The van der Waals surface area contributed by atoms with Crippen molar-refractivity contribution in [2.45, 2.75) is 27.0 Å². The number of esters is 1. The summed E-state index contributed by atoms with van der Waals surface area (Å²) in [6.45, 7) is 4.87. The van der Waals surface area contributed by atoms with Crippen molar-refractivity contribution in [3.8, 4) is 17.2 Å². The molecule has 0 aliphatic heterocycles. The van der Waals surface area contributed by atoms with Gasteiger partial charge in [-0.15, -0.1) is 0 Å². The van der Waals surface area contributed by atoms with E-state index < -0.39 is 0 Å². The highest BCUT2D eigenvalue weighted by Gasteiger charge is 2.12. The zero-order valence-electron chi connectivity index (χ0n) is 17.4. The quantitative estimate of drug-likeness (QED) is 0.388. The number of hydrogen-bond acceptors (Lipinski definition) is 6. The SMILES string of the molecule is CCOC(=O)c1cnn(Cc2ccc(OCc3nc(-c4ccccc4)oc3C)cc2)c1. The summed E-state index contributed by atoms with van der Waals surface area (Å²) in [5, 5.41) is 4.22. The van der Waals surface area contributed by atoms with E-state index in [4.69, 9.17) is 13.9 Å². The Kier molecular flexibility index (Phi) is 6.12. The van der Waals surface area contributed by atoms with E-state index in [1.807, 2.05) is 61.5 Å². The smallest absolute Gasteiger partial charge is 0.341 e. The number of nitrogens with zero attached hydrogens (tertiary/aromatic N) is 3. The summed E-state index contributed by atoms with van der Waals surface area (Å²) in [5.74, 6) is 1.70. The van der Waals surface area contributed by atoms with E-state index in [2.05, 4.69) is 10.1 Å². The molecule has 158 valence electrons. The zero-order valence-corrected chi connectivity index (χ0v) is 17.4. The second-order valence-corrected chi connectivity index (χ2v) is 6.97. The number of hydrogen-bond donors (Lipinski definition) is 0. The molecule has 0 amide bonds. The molecule has 0 aliphatic carbocycles. The van der Waals surface area contributed by atoms with Gasteiger partial charge in [0.15, 0.2) is 0 Å². The largest absolute Gasteiger partial charge is 0.487 e. The van der Waals surface area contributed by atoms with Crippen LogP contribution in [0.2, 0.25) is 0 Å². The van der Waals surface area contributed by atoms with Gasteiger partial charge in [-0.1, -0.05) is 30.3 Å². The van der Waals surface area contributed by atoms with E-state index >= 15 is 0 Å². The van der Waals surface area contributed by atoms with Crippen molar-refractivity contribution in [3.63, 3.8) is 0 Å². The van der Waals surface area contributed by atoms with Crippen molar-refractivity contribution in [1.82, 2.24) is 14.8 Å².